The second-order valence-electron chi connectivity index (χ2n) is 4.94. The highest BCUT2D eigenvalue weighted by Crippen LogP contribution is 2.25. The van der Waals surface area contributed by atoms with Crippen LogP contribution in [0, 0.1) is 11.6 Å². The van der Waals surface area contributed by atoms with Gasteiger partial charge in [0.15, 0.2) is 0 Å². The lowest BCUT2D eigenvalue weighted by molar-refractivity contribution is -0.129. The summed E-state index contributed by atoms with van der Waals surface area (Å²) in [5.41, 5.74) is 0.591. The molecule has 1 aliphatic rings. The van der Waals surface area contributed by atoms with E-state index in [1.165, 1.54) is 12.1 Å². The molecule has 1 N–H and O–H groups in total. The number of hydrogen-bond donors (Lipinski definition) is 1. The van der Waals surface area contributed by atoms with Crippen LogP contribution in [-0.2, 0) is 11.2 Å². The molecular formula is C14H18F2N2O. The van der Waals surface area contributed by atoms with Gasteiger partial charge in [0.1, 0.15) is 11.6 Å². The summed E-state index contributed by atoms with van der Waals surface area (Å²) in [6.07, 6.45) is 2.67. The van der Waals surface area contributed by atoms with Crippen molar-refractivity contribution in [3.05, 3.63) is 35.4 Å². The van der Waals surface area contributed by atoms with Crippen LogP contribution in [0.15, 0.2) is 18.2 Å². The van der Waals surface area contributed by atoms with Gasteiger partial charge in [0.05, 0.1) is 6.54 Å². The number of hydrogen-bond acceptors (Lipinski definition) is 2. The van der Waals surface area contributed by atoms with Crippen LogP contribution in [0.4, 0.5) is 8.78 Å². The van der Waals surface area contributed by atoms with Crippen LogP contribution in [0.1, 0.15) is 18.4 Å². The first kappa shape index (κ1) is 13.9. The fourth-order valence-electron chi connectivity index (χ4n) is 1.97. The molecule has 1 saturated carbocycles. The highest BCUT2D eigenvalue weighted by atomic mass is 19.1. The number of amides is 1. The minimum Gasteiger partial charge on any atom is -0.342 e. The Morgan fingerprint density at radius 3 is 2.53 bits per heavy atom. The third-order valence-electron chi connectivity index (χ3n) is 3.28. The number of carbonyl (C=O) groups excluding carboxylic acids is 1. The summed E-state index contributed by atoms with van der Waals surface area (Å²) in [5.74, 6) is -1.08. The number of likely N-dealkylation sites (N-methyl/N-ethyl adjacent to an activating group) is 1. The van der Waals surface area contributed by atoms with E-state index >= 15 is 0 Å². The normalized spacial score (nSPS) is 14.5. The maximum Gasteiger partial charge on any atom is 0.236 e. The van der Waals surface area contributed by atoms with Crippen LogP contribution in [0.25, 0.3) is 0 Å². The van der Waals surface area contributed by atoms with Crippen LogP contribution < -0.4 is 5.32 Å². The Morgan fingerprint density at radius 2 is 1.95 bits per heavy atom. The molecule has 0 bridgehead atoms. The first-order valence-electron chi connectivity index (χ1n) is 6.47. The van der Waals surface area contributed by atoms with Crippen LogP contribution in [0.5, 0.6) is 0 Å². The summed E-state index contributed by atoms with van der Waals surface area (Å²) in [6, 6.07) is 3.88. The van der Waals surface area contributed by atoms with E-state index in [1.54, 1.807) is 4.90 Å². The van der Waals surface area contributed by atoms with E-state index in [-0.39, 0.29) is 12.5 Å². The van der Waals surface area contributed by atoms with E-state index in [4.69, 9.17) is 0 Å². The molecular weight excluding hydrogens is 250 g/mol. The Labute approximate surface area is 111 Å². The van der Waals surface area contributed by atoms with Crippen LogP contribution in [0.3, 0.4) is 0 Å². The topological polar surface area (TPSA) is 32.3 Å². The van der Waals surface area contributed by atoms with Crippen molar-refractivity contribution in [3.63, 3.8) is 0 Å². The monoisotopic (exact) mass is 268 g/mol. The maximum absolute atomic E-state index is 12.9. The zero-order chi connectivity index (χ0) is 13.8. The molecule has 0 unspecified atom stereocenters. The Kier molecular flexibility index (Phi) is 4.47. The number of carbonyl (C=O) groups is 1. The van der Waals surface area contributed by atoms with Crippen molar-refractivity contribution in [3.8, 4) is 0 Å². The van der Waals surface area contributed by atoms with E-state index in [0.29, 0.717) is 24.6 Å². The van der Waals surface area contributed by atoms with Gasteiger partial charge in [-0.25, -0.2) is 8.78 Å². The molecule has 0 heterocycles. The molecule has 0 atom stereocenters. The third-order valence-corrected chi connectivity index (χ3v) is 3.28. The molecule has 1 aliphatic carbocycles. The van der Waals surface area contributed by atoms with Gasteiger partial charge in [-0.05, 0) is 43.5 Å². The highest BCUT2D eigenvalue weighted by molar-refractivity contribution is 5.78. The molecule has 0 radical (unpaired) electrons. The Bertz CT molecular complexity index is 441. The fraction of sp³-hybridized carbons (Fsp3) is 0.500. The molecule has 19 heavy (non-hydrogen) atoms. The van der Waals surface area contributed by atoms with Crippen molar-refractivity contribution in [1.82, 2.24) is 10.2 Å². The van der Waals surface area contributed by atoms with Crippen molar-refractivity contribution in [2.24, 2.45) is 0 Å². The smallest absolute Gasteiger partial charge is 0.236 e. The van der Waals surface area contributed by atoms with Gasteiger partial charge in [0, 0.05) is 19.2 Å². The average Bonchev–Trinajstić information content (AvgIpc) is 3.16. The average molecular weight is 268 g/mol. The molecule has 5 heteroatoms. The van der Waals surface area contributed by atoms with Crippen molar-refractivity contribution < 1.29 is 13.6 Å². The highest BCUT2D eigenvalue weighted by Gasteiger charge is 2.28. The molecule has 0 aliphatic heterocycles. The standard InChI is InChI=1S/C14H18F2N2O/c1-18(13-2-3-13)14(19)9-17-5-4-10-6-11(15)8-12(16)7-10/h6-8,13,17H,2-5,9H2,1H3. The van der Waals surface area contributed by atoms with Gasteiger partial charge in [-0.15, -0.1) is 0 Å². The summed E-state index contributed by atoms with van der Waals surface area (Å²) in [5, 5.41) is 3.00. The summed E-state index contributed by atoms with van der Waals surface area (Å²) in [6.45, 7) is 0.790. The van der Waals surface area contributed by atoms with Crippen molar-refractivity contribution in [2.45, 2.75) is 25.3 Å². The van der Waals surface area contributed by atoms with Gasteiger partial charge in [-0.3, -0.25) is 4.79 Å². The van der Waals surface area contributed by atoms with Gasteiger partial charge in [0.2, 0.25) is 5.91 Å². The van der Waals surface area contributed by atoms with Gasteiger partial charge in [0.25, 0.3) is 0 Å². The molecule has 1 fully saturated rings. The van der Waals surface area contributed by atoms with E-state index in [1.807, 2.05) is 7.05 Å². The minimum atomic E-state index is -0.570. The summed E-state index contributed by atoms with van der Waals surface area (Å²) >= 11 is 0. The summed E-state index contributed by atoms with van der Waals surface area (Å²) in [4.78, 5) is 13.4. The number of benzene rings is 1. The van der Waals surface area contributed by atoms with Gasteiger partial charge < -0.3 is 10.2 Å². The van der Waals surface area contributed by atoms with E-state index in [0.717, 1.165) is 18.9 Å². The van der Waals surface area contributed by atoms with Crippen LogP contribution in [0.2, 0.25) is 0 Å². The number of nitrogens with one attached hydrogen (secondary N) is 1. The van der Waals surface area contributed by atoms with Gasteiger partial charge in [-0.2, -0.15) is 0 Å². The molecule has 0 saturated heterocycles. The van der Waals surface area contributed by atoms with Gasteiger partial charge >= 0.3 is 0 Å². The molecule has 104 valence electrons. The molecule has 1 amide bonds. The first-order chi connectivity index (χ1) is 9.06. The third kappa shape index (κ3) is 4.28. The largest absolute Gasteiger partial charge is 0.342 e. The zero-order valence-electron chi connectivity index (χ0n) is 11.0. The summed E-state index contributed by atoms with van der Waals surface area (Å²) < 4.78 is 25.9. The van der Waals surface area contributed by atoms with E-state index in [9.17, 15) is 13.6 Å². The lowest BCUT2D eigenvalue weighted by Crippen LogP contribution is -2.37. The molecule has 1 aromatic carbocycles. The first-order valence-corrected chi connectivity index (χ1v) is 6.47. The fourth-order valence-corrected chi connectivity index (χ4v) is 1.97. The Hall–Kier alpha value is -1.49. The van der Waals surface area contributed by atoms with Crippen molar-refractivity contribution in [1.29, 1.82) is 0 Å². The quantitative estimate of drug-likeness (QED) is 0.797. The lowest BCUT2D eigenvalue weighted by atomic mass is 10.1. The lowest BCUT2D eigenvalue weighted by Gasteiger charge is -2.16. The number of halogens is 2. The van der Waals surface area contributed by atoms with Gasteiger partial charge in [-0.1, -0.05) is 0 Å². The maximum atomic E-state index is 12.9. The molecule has 2 rings (SSSR count). The van der Waals surface area contributed by atoms with Crippen molar-refractivity contribution >= 4 is 5.91 Å². The Balaban J connectivity index is 1.69. The molecule has 0 spiro atoms. The number of rotatable bonds is 6. The predicted molar refractivity (Wildman–Crippen MR) is 68.7 cm³/mol. The summed E-state index contributed by atoms with van der Waals surface area (Å²) in [7, 11) is 1.81. The molecule has 0 aromatic heterocycles. The zero-order valence-corrected chi connectivity index (χ0v) is 11.0. The predicted octanol–water partition coefficient (Wildman–Crippen LogP) is 1.72. The second-order valence-corrected chi connectivity index (χ2v) is 4.94. The van der Waals surface area contributed by atoms with E-state index < -0.39 is 11.6 Å². The minimum absolute atomic E-state index is 0.0629. The van der Waals surface area contributed by atoms with Crippen LogP contribution >= 0.6 is 0 Å². The molecule has 1 aromatic rings. The van der Waals surface area contributed by atoms with Crippen molar-refractivity contribution in [2.75, 3.05) is 20.1 Å². The SMILES string of the molecule is CN(C(=O)CNCCc1cc(F)cc(F)c1)C1CC1. The number of nitrogens with zero attached hydrogens (tertiary/aromatic N) is 1. The second kappa shape index (κ2) is 6.10. The molecule has 3 nitrogen and oxygen atoms in total. The van der Waals surface area contributed by atoms with E-state index in [2.05, 4.69) is 5.32 Å². The Morgan fingerprint density at radius 1 is 1.32 bits per heavy atom. The van der Waals surface area contributed by atoms with Crippen LogP contribution in [-0.4, -0.2) is 37.0 Å².